The Morgan fingerprint density at radius 1 is 1.25 bits per heavy atom. The number of benzene rings is 2. The normalized spacial score (nSPS) is 17.6. The van der Waals surface area contributed by atoms with E-state index in [4.69, 9.17) is 10.00 Å². The fourth-order valence-electron chi connectivity index (χ4n) is 3.33. The molecular formula is C20H21FN2O. The van der Waals surface area contributed by atoms with Gasteiger partial charge in [0, 0.05) is 18.2 Å². The lowest BCUT2D eigenvalue weighted by Crippen LogP contribution is -2.23. The van der Waals surface area contributed by atoms with Crippen molar-refractivity contribution < 1.29 is 9.13 Å². The first-order chi connectivity index (χ1) is 11.7. The van der Waals surface area contributed by atoms with E-state index in [9.17, 15) is 4.39 Å². The summed E-state index contributed by atoms with van der Waals surface area (Å²) in [5.41, 5.74) is 2.32. The predicted molar refractivity (Wildman–Crippen MR) is 91.1 cm³/mol. The second-order valence-electron chi connectivity index (χ2n) is 6.05. The largest absolute Gasteiger partial charge is 0.494 e. The van der Waals surface area contributed by atoms with Gasteiger partial charge in [-0.3, -0.25) is 4.90 Å². The topological polar surface area (TPSA) is 36.3 Å². The molecule has 0 N–H and O–H groups in total. The SMILES string of the molecule is CCOc1ccc([C@@H]2CCCN2Cc2cc(C#N)ccc2F)cc1. The van der Waals surface area contributed by atoms with Crippen LogP contribution in [0, 0.1) is 17.1 Å². The van der Waals surface area contributed by atoms with E-state index in [2.05, 4.69) is 23.1 Å². The summed E-state index contributed by atoms with van der Waals surface area (Å²) in [5, 5.41) is 9.02. The van der Waals surface area contributed by atoms with E-state index in [0.29, 0.717) is 24.3 Å². The zero-order chi connectivity index (χ0) is 16.9. The van der Waals surface area contributed by atoms with Crippen LogP contribution in [-0.4, -0.2) is 18.1 Å². The van der Waals surface area contributed by atoms with Crippen molar-refractivity contribution >= 4 is 0 Å². The second kappa shape index (κ2) is 7.46. The van der Waals surface area contributed by atoms with Crippen LogP contribution in [0.25, 0.3) is 0 Å². The summed E-state index contributed by atoms with van der Waals surface area (Å²) in [4.78, 5) is 2.29. The number of rotatable bonds is 5. The summed E-state index contributed by atoms with van der Waals surface area (Å²) in [6, 6.07) is 15.1. The Morgan fingerprint density at radius 3 is 2.75 bits per heavy atom. The second-order valence-corrected chi connectivity index (χ2v) is 6.05. The fraction of sp³-hybridized carbons (Fsp3) is 0.350. The zero-order valence-corrected chi connectivity index (χ0v) is 13.8. The third-order valence-electron chi connectivity index (χ3n) is 4.49. The molecule has 0 bridgehead atoms. The number of hydrogen-bond acceptors (Lipinski definition) is 3. The van der Waals surface area contributed by atoms with Crippen LogP contribution in [0.4, 0.5) is 4.39 Å². The maximum absolute atomic E-state index is 14.1. The van der Waals surface area contributed by atoms with Crippen molar-refractivity contribution in [1.82, 2.24) is 4.90 Å². The van der Waals surface area contributed by atoms with Gasteiger partial charge in [0.1, 0.15) is 11.6 Å². The fourth-order valence-corrected chi connectivity index (χ4v) is 3.33. The summed E-state index contributed by atoms with van der Waals surface area (Å²) < 4.78 is 19.6. The minimum atomic E-state index is -0.244. The molecule has 0 amide bonds. The van der Waals surface area contributed by atoms with Gasteiger partial charge in [0.15, 0.2) is 0 Å². The minimum absolute atomic E-state index is 0.244. The Kier molecular flexibility index (Phi) is 5.12. The van der Waals surface area contributed by atoms with Crippen molar-refractivity contribution in [2.45, 2.75) is 32.4 Å². The van der Waals surface area contributed by atoms with Crippen molar-refractivity contribution in [1.29, 1.82) is 5.26 Å². The van der Waals surface area contributed by atoms with Gasteiger partial charge in [0.25, 0.3) is 0 Å². The van der Waals surface area contributed by atoms with Gasteiger partial charge in [0.2, 0.25) is 0 Å². The van der Waals surface area contributed by atoms with Gasteiger partial charge >= 0.3 is 0 Å². The lowest BCUT2D eigenvalue weighted by atomic mass is 10.0. The number of likely N-dealkylation sites (tertiary alicyclic amines) is 1. The lowest BCUT2D eigenvalue weighted by Gasteiger charge is -2.25. The van der Waals surface area contributed by atoms with Gasteiger partial charge < -0.3 is 4.74 Å². The molecule has 3 nitrogen and oxygen atoms in total. The highest BCUT2D eigenvalue weighted by atomic mass is 19.1. The van der Waals surface area contributed by atoms with Crippen LogP contribution >= 0.6 is 0 Å². The molecule has 4 heteroatoms. The molecular weight excluding hydrogens is 303 g/mol. The van der Waals surface area contributed by atoms with Crippen LogP contribution in [0.2, 0.25) is 0 Å². The van der Waals surface area contributed by atoms with Crippen LogP contribution in [-0.2, 0) is 6.54 Å². The summed E-state index contributed by atoms with van der Waals surface area (Å²) in [6.45, 7) is 4.09. The summed E-state index contributed by atoms with van der Waals surface area (Å²) in [6.07, 6.45) is 2.16. The number of halogens is 1. The maximum Gasteiger partial charge on any atom is 0.127 e. The van der Waals surface area contributed by atoms with Gasteiger partial charge in [-0.25, -0.2) is 4.39 Å². The molecule has 1 aliphatic rings. The molecule has 0 radical (unpaired) electrons. The van der Waals surface area contributed by atoms with Crippen molar-refractivity contribution in [3.05, 3.63) is 65.0 Å². The van der Waals surface area contributed by atoms with Crippen LogP contribution in [0.15, 0.2) is 42.5 Å². The minimum Gasteiger partial charge on any atom is -0.494 e. The van der Waals surface area contributed by atoms with Crippen LogP contribution in [0.1, 0.15) is 42.5 Å². The predicted octanol–water partition coefficient (Wildman–Crippen LogP) is 4.43. The Hall–Kier alpha value is -2.38. The first-order valence-electron chi connectivity index (χ1n) is 8.36. The molecule has 0 aromatic heterocycles. The molecule has 0 spiro atoms. The molecule has 3 rings (SSSR count). The average Bonchev–Trinajstić information content (AvgIpc) is 3.06. The lowest BCUT2D eigenvalue weighted by molar-refractivity contribution is 0.245. The Bertz CT molecular complexity index is 736. The molecule has 0 unspecified atom stereocenters. The van der Waals surface area contributed by atoms with Gasteiger partial charge in [-0.2, -0.15) is 5.26 Å². The van der Waals surface area contributed by atoms with E-state index in [1.54, 1.807) is 6.07 Å². The van der Waals surface area contributed by atoms with Crippen LogP contribution < -0.4 is 4.74 Å². The third kappa shape index (κ3) is 3.58. The molecule has 0 aliphatic carbocycles. The molecule has 1 fully saturated rings. The van der Waals surface area contributed by atoms with Crippen LogP contribution in [0.5, 0.6) is 5.75 Å². The van der Waals surface area contributed by atoms with Gasteiger partial charge in [-0.1, -0.05) is 12.1 Å². The molecule has 2 aromatic carbocycles. The average molecular weight is 324 g/mol. The van der Waals surface area contributed by atoms with Gasteiger partial charge in [-0.15, -0.1) is 0 Å². The molecule has 124 valence electrons. The number of ether oxygens (including phenoxy) is 1. The Balaban J connectivity index is 1.77. The highest BCUT2D eigenvalue weighted by molar-refractivity contribution is 5.34. The quantitative estimate of drug-likeness (QED) is 0.816. The monoisotopic (exact) mass is 324 g/mol. The van der Waals surface area contributed by atoms with Crippen molar-refractivity contribution in [2.24, 2.45) is 0 Å². The number of hydrogen-bond donors (Lipinski definition) is 0. The van der Waals surface area contributed by atoms with E-state index in [1.807, 2.05) is 19.1 Å². The Morgan fingerprint density at radius 2 is 2.04 bits per heavy atom. The highest BCUT2D eigenvalue weighted by Crippen LogP contribution is 2.34. The smallest absolute Gasteiger partial charge is 0.127 e. The van der Waals surface area contributed by atoms with Gasteiger partial charge in [0.05, 0.1) is 18.2 Å². The standard InChI is InChI=1S/C20H21FN2O/c1-2-24-18-8-6-16(7-9-18)20-4-3-11-23(20)14-17-12-15(13-22)5-10-19(17)21/h5-10,12,20H,2-4,11,14H2,1H3/t20-/m0/s1. The van der Waals surface area contributed by atoms with E-state index >= 15 is 0 Å². The first-order valence-corrected chi connectivity index (χ1v) is 8.36. The first kappa shape index (κ1) is 16.5. The summed E-state index contributed by atoms with van der Waals surface area (Å²) in [7, 11) is 0. The molecule has 1 aliphatic heterocycles. The molecule has 1 atom stereocenters. The molecule has 1 heterocycles. The summed E-state index contributed by atoms with van der Waals surface area (Å²) in [5.74, 6) is 0.630. The Labute approximate surface area is 142 Å². The maximum atomic E-state index is 14.1. The summed E-state index contributed by atoms with van der Waals surface area (Å²) >= 11 is 0. The molecule has 1 saturated heterocycles. The van der Waals surface area contributed by atoms with E-state index in [1.165, 1.54) is 17.7 Å². The molecule has 2 aromatic rings. The zero-order valence-electron chi connectivity index (χ0n) is 13.8. The van der Waals surface area contributed by atoms with Crippen molar-refractivity contribution in [3.8, 4) is 11.8 Å². The van der Waals surface area contributed by atoms with Crippen molar-refractivity contribution in [2.75, 3.05) is 13.2 Å². The van der Waals surface area contributed by atoms with E-state index in [0.717, 1.165) is 25.1 Å². The van der Waals surface area contributed by atoms with Crippen LogP contribution in [0.3, 0.4) is 0 Å². The number of nitriles is 1. The third-order valence-corrected chi connectivity index (χ3v) is 4.49. The van der Waals surface area contributed by atoms with E-state index in [-0.39, 0.29) is 11.9 Å². The van der Waals surface area contributed by atoms with E-state index < -0.39 is 0 Å². The van der Waals surface area contributed by atoms with Gasteiger partial charge in [-0.05, 0) is 62.2 Å². The molecule has 24 heavy (non-hydrogen) atoms. The number of nitrogens with zero attached hydrogens (tertiary/aromatic N) is 2. The van der Waals surface area contributed by atoms with Crippen molar-refractivity contribution in [3.63, 3.8) is 0 Å². The highest BCUT2D eigenvalue weighted by Gasteiger charge is 2.26. The molecule has 0 saturated carbocycles.